The maximum Gasteiger partial charge on any atom is 0.0370 e. The predicted octanol–water partition coefficient (Wildman–Crippen LogP) is 3.64. The van der Waals surface area contributed by atoms with Crippen molar-refractivity contribution in [1.29, 1.82) is 0 Å². The van der Waals surface area contributed by atoms with Gasteiger partial charge < -0.3 is 11.5 Å². The third kappa shape index (κ3) is 3.95. The number of anilines is 2. The van der Waals surface area contributed by atoms with Crippen LogP contribution in [0.2, 0.25) is 0 Å². The lowest BCUT2D eigenvalue weighted by atomic mass is 9.93. The van der Waals surface area contributed by atoms with Crippen molar-refractivity contribution < 1.29 is 0 Å². The molecule has 0 amide bonds. The first kappa shape index (κ1) is 13.9. The van der Waals surface area contributed by atoms with E-state index in [1.54, 1.807) is 0 Å². The highest BCUT2D eigenvalue weighted by atomic mass is 14.6. The molecule has 0 saturated carbocycles. The van der Waals surface area contributed by atoms with Gasteiger partial charge in [-0.25, -0.2) is 0 Å². The van der Waals surface area contributed by atoms with Gasteiger partial charge in [-0.05, 0) is 47.9 Å². The first-order valence-electron chi connectivity index (χ1n) is 6.60. The van der Waals surface area contributed by atoms with Gasteiger partial charge in [-0.15, -0.1) is 0 Å². The fourth-order valence-electron chi connectivity index (χ4n) is 2.10. The van der Waals surface area contributed by atoms with Crippen LogP contribution in [0, 0.1) is 11.8 Å². The van der Waals surface area contributed by atoms with E-state index in [0.29, 0.717) is 11.8 Å². The van der Waals surface area contributed by atoms with Crippen LogP contribution in [0.25, 0.3) is 0 Å². The van der Waals surface area contributed by atoms with E-state index < -0.39 is 0 Å². The van der Waals surface area contributed by atoms with Gasteiger partial charge >= 0.3 is 0 Å². The molecule has 1 atom stereocenters. The largest absolute Gasteiger partial charge is 0.398 e. The molecular weight excluding hydrogens is 208 g/mol. The lowest BCUT2D eigenvalue weighted by Gasteiger charge is -2.16. The van der Waals surface area contributed by atoms with Gasteiger partial charge in [-0.2, -0.15) is 0 Å². The van der Waals surface area contributed by atoms with Gasteiger partial charge in [0, 0.05) is 11.4 Å². The highest BCUT2D eigenvalue weighted by Crippen LogP contribution is 2.27. The van der Waals surface area contributed by atoms with Crippen molar-refractivity contribution in [1.82, 2.24) is 0 Å². The molecule has 96 valence electrons. The van der Waals surface area contributed by atoms with Crippen molar-refractivity contribution in [3.8, 4) is 0 Å². The van der Waals surface area contributed by atoms with E-state index in [1.165, 1.54) is 5.56 Å². The Labute approximate surface area is 105 Å². The number of hydrogen-bond acceptors (Lipinski definition) is 2. The Morgan fingerprint density at radius 2 is 1.53 bits per heavy atom. The minimum Gasteiger partial charge on any atom is -0.398 e. The Morgan fingerprint density at radius 3 is 1.94 bits per heavy atom. The van der Waals surface area contributed by atoms with Crippen LogP contribution in [-0.2, 0) is 12.8 Å². The molecule has 0 heterocycles. The number of hydrogen-bond donors (Lipinski definition) is 2. The Bertz CT molecular complexity index is 346. The van der Waals surface area contributed by atoms with Gasteiger partial charge in [-0.3, -0.25) is 0 Å². The van der Waals surface area contributed by atoms with Crippen molar-refractivity contribution in [2.75, 3.05) is 11.5 Å². The molecule has 0 spiro atoms. The van der Waals surface area contributed by atoms with Crippen molar-refractivity contribution in [3.63, 3.8) is 0 Å². The quantitative estimate of drug-likeness (QED) is 0.764. The molecule has 0 fully saturated rings. The zero-order valence-corrected chi connectivity index (χ0v) is 11.6. The van der Waals surface area contributed by atoms with Crippen LogP contribution in [0.1, 0.15) is 45.2 Å². The monoisotopic (exact) mass is 234 g/mol. The second kappa shape index (κ2) is 5.95. The Hall–Kier alpha value is -1.18. The number of nitrogen functional groups attached to an aromatic ring is 2. The summed E-state index contributed by atoms with van der Waals surface area (Å²) in [7, 11) is 0. The smallest absolute Gasteiger partial charge is 0.0370 e. The first-order chi connectivity index (χ1) is 7.93. The topological polar surface area (TPSA) is 52.0 Å². The summed E-state index contributed by atoms with van der Waals surface area (Å²) < 4.78 is 0. The number of benzene rings is 1. The Kier molecular flexibility index (Phi) is 4.86. The van der Waals surface area contributed by atoms with Crippen molar-refractivity contribution in [3.05, 3.63) is 23.3 Å². The summed E-state index contributed by atoms with van der Waals surface area (Å²) in [6, 6.07) is 4.18. The van der Waals surface area contributed by atoms with Gasteiger partial charge in [0.1, 0.15) is 0 Å². The van der Waals surface area contributed by atoms with E-state index in [-0.39, 0.29) is 0 Å². The molecule has 17 heavy (non-hydrogen) atoms. The van der Waals surface area contributed by atoms with E-state index >= 15 is 0 Å². The molecule has 2 nitrogen and oxygen atoms in total. The van der Waals surface area contributed by atoms with Gasteiger partial charge in [0.15, 0.2) is 0 Å². The molecule has 1 rings (SSSR count). The molecule has 0 bridgehead atoms. The summed E-state index contributed by atoms with van der Waals surface area (Å²) >= 11 is 0. The van der Waals surface area contributed by atoms with E-state index in [9.17, 15) is 0 Å². The molecule has 0 saturated heterocycles. The molecule has 0 aliphatic rings. The number of nitrogens with two attached hydrogens (primary N) is 2. The van der Waals surface area contributed by atoms with Crippen LogP contribution in [0.3, 0.4) is 0 Å². The lowest BCUT2D eigenvalue weighted by molar-refractivity contribution is 0.561. The Balaban J connectivity index is 2.94. The fraction of sp³-hybridized carbons (Fsp3) is 0.600. The van der Waals surface area contributed by atoms with Crippen LogP contribution in [0.5, 0.6) is 0 Å². The highest BCUT2D eigenvalue weighted by Gasteiger charge is 2.10. The van der Waals surface area contributed by atoms with Crippen LogP contribution < -0.4 is 11.5 Å². The second-order valence-electron chi connectivity index (χ2n) is 5.57. The van der Waals surface area contributed by atoms with Gasteiger partial charge in [0.2, 0.25) is 0 Å². The summed E-state index contributed by atoms with van der Waals surface area (Å²) in [6.45, 7) is 8.85. The molecule has 0 aliphatic heterocycles. The van der Waals surface area contributed by atoms with Gasteiger partial charge in [0.25, 0.3) is 0 Å². The third-order valence-electron chi connectivity index (χ3n) is 3.27. The van der Waals surface area contributed by atoms with E-state index in [2.05, 4.69) is 39.8 Å². The highest BCUT2D eigenvalue weighted by molar-refractivity contribution is 5.63. The summed E-state index contributed by atoms with van der Waals surface area (Å²) in [5.74, 6) is 1.27. The van der Waals surface area contributed by atoms with Crippen LogP contribution in [-0.4, -0.2) is 0 Å². The van der Waals surface area contributed by atoms with Crippen molar-refractivity contribution in [2.24, 2.45) is 11.8 Å². The van der Waals surface area contributed by atoms with Gasteiger partial charge in [-0.1, -0.05) is 34.1 Å². The third-order valence-corrected chi connectivity index (χ3v) is 3.27. The Morgan fingerprint density at radius 1 is 1.00 bits per heavy atom. The molecule has 1 unspecified atom stereocenters. The molecule has 1 aromatic carbocycles. The average Bonchev–Trinajstić information content (AvgIpc) is 2.22. The maximum atomic E-state index is 6.12. The molecule has 2 heteroatoms. The lowest BCUT2D eigenvalue weighted by Crippen LogP contribution is -2.07. The van der Waals surface area contributed by atoms with Crippen LogP contribution >= 0.6 is 0 Å². The normalized spacial score (nSPS) is 13.0. The minimum atomic E-state index is 0.634. The van der Waals surface area contributed by atoms with Gasteiger partial charge in [0.05, 0.1) is 0 Å². The number of rotatable bonds is 5. The minimum absolute atomic E-state index is 0.634. The molecule has 1 aromatic rings. The molecular formula is C15H26N2. The maximum absolute atomic E-state index is 6.12. The average molecular weight is 234 g/mol. The molecule has 4 N–H and O–H groups in total. The zero-order valence-electron chi connectivity index (χ0n) is 11.6. The predicted molar refractivity (Wildman–Crippen MR) is 77.0 cm³/mol. The second-order valence-corrected chi connectivity index (χ2v) is 5.57. The van der Waals surface area contributed by atoms with Crippen LogP contribution in [0.15, 0.2) is 12.1 Å². The van der Waals surface area contributed by atoms with Crippen molar-refractivity contribution in [2.45, 2.75) is 47.0 Å². The summed E-state index contributed by atoms with van der Waals surface area (Å²) in [4.78, 5) is 0. The van der Waals surface area contributed by atoms with Crippen molar-refractivity contribution >= 4 is 11.4 Å². The van der Waals surface area contributed by atoms with E-state index in [4.69, 9.17) is 11.5 Å². The SMILES string of the molecule is CCC(C)Cc1c(N)cc(CC(C)C)cc1N. The van der Waals surface area contributed by atoms with E-state index in [0.717, 1.165) is 36.2 Å². The summed E-state index contributed by atoms with van der Waals surface area (Å²) in [5, 5.41) is 0. The molecule has 0 aliphatic carbocycles. The fourth-order valence-corrected chi connectivity index (χ4v) is 2.10. The first-order valence-corrected chi connectivity index (χ1v) is 6.60. The summed E-state index contributed by atoms with van der Waals surface area (Å²) in [6.07, 6.45) is 3.18. The standard InChI is InChI=1S/C15H26N2/c1-5-11(4)7-13-14(16)8-12(6-10(2)3)9-15(13)17/h8-11H,5-7,16-17H2,1-4H3. The van der Waals surface area contributed by atoms with E-state index in [1.807, 2.05) is 0 Å². The summed E-state index contributed by atoms with van der Waals surface area (Å²) in [5.41, 5.74) is 16.3. The molecule has 0 aromatic heterocycles. The van der Waals surface area contributed by atoms with Crippen LogP contribution in [0.4, 0.5) is 11.4 Å². The zero-order chi connectivity index (χ0) is 13.0. The molecule has 0 radical (unpaired) electrons.